The number of methoxy groups -OCH3 is 2. The van der Waals surface area contributed by atoms with Gasteiger partial charge in [-0.05, 0) is 37.0 Å². The Morgan fingerprint density at radius 1 is 1.18 bits per heavy atom. The molecule has 0 unspecified atom stereocenters. The number of aryl methyl sites for hydroxylation is 2. The number of hydrogen-bond acceptors (Lipinski definition) is 5. The SMILES string of the molecule is CCCn1nnc(C=O)c1CCc1ccc(OC)c(OC)c1. The van der Waals surface area contributed by atoms with Crippen molar-refractivity contribution < 1.29 is 14.3 Å². The number of benzene rings is 1. The maximum absolute atomic E-state index is 11.1. The molecule has 0 aliphatic carbocycles. The highest BCUT2D eigenvalue weighted by Crippen LogP contribution is 2.28. The summed E-state index contributed by atoms with van der Waals surface area (Å²) < 4.78 is 12.4. The summed E-state index contributed by atoms with van der Waals surface area (Å²) in [4.78, 5) is 11.1. The van der Waals surface area contributed by atoms with Gasteiger partial charge in [-0.2, -0.15) is 0 Å². The average molecular weight is 303 g/mol. The summed E-state index contributed by atoms with van der Waals surface area (Å²) >= 11 is 0. The fourth-order valence-electron chi connectivity index (χ4n) is 2.39. The zero-order chi connectivity index (χ0) is 15.9. The summed E-state index contributed by atoms with van der Waals surface area (Å²) in [6, 6.07) is 5.83. The van der Waals surface area contributed by atoms with Crippen LogP contribution in [0.4, 0.5) is 0 Å². The minimum absolute atomic E-state index is 0.425. The Labute approximate surface area is 130 Å². The lowest BCUT2D eigenvalue weighted by molar-refractivity contribution is 0.111. The molecule has 22 heavy (non-hydrogen) atoms. The van der Waals surface area contributed by atoms with Crippen LogP contribution in [0.15, 0.2) is 18.2 Å². The van der Waals surface area contributed by atoms with Crippen molar-refractivity contribution in [2.75, 3.05) is 14.2 Å². The van der Waals surface area contributed by atoms with Crippen LogP contribution >= 0.6 is 0 Å². The molecular formula is C16H21N3O3. The summed E-state index contributed by atoms with van der Waals surface area (Å²) in [5, 5.41) is 7.97. The molecule has 1 heterocycles. The van der Waals surface area contributed by atoms with E-state index >= 15 is 0 Å². The molecule has 2 rings (SSSR count). The number of hydrogen-bond donors (Lipinski definition) is 0. The fourth-order valence-corrected chi connectivity index (χ4v) is 2.39. The molecule has 118 valence electrons. The lowest BCUT2D eigenvalue weighted by Gasteiger charge is -2.10. The molecule has 0 amide bonds. The van der Waals surface area contributed by atoms with Gasteiger partial charge in [0.05, 0.1) is 19.9 Å². The summed E-state index contributed by atoms with van der Waals surface area (Å²) in [5.41, 5.74) is 2.42. The average Bonchev–Trinajstić information content (AvgIpc) is 2.94. The molecule has 2 aromatic rings. The zero-order valence-electron chi connectivity index (χ0n) is 13.2. The first-order valence-corrected chi connectivity index (χ1v) is 7.31. The van der Waals surface area contributed by atoms with Crippen molar-refractivity contribution in [3.8, 4) is 11.5 Å². The van der Waals surface area contributed by atoms with Gasteiger partial charge in [0.15, 0.2) is 17.8 Å². The number of aromatic nitrogens is 3. The van der Waals surface area contributed by atoms with Crippen LogP contribution < -0.4 is 9.47 Å². The first-order valence-electron chi connectivity index (χ1n) is 7.31. The molecule has 1 aromatic carbocycles. The van der Waals surface area contributed by atoms with Crippen LogP contribution in [0.3, 0.4) is 0 Å². The number of carbonyl (C=O) groups excluding carboxylic acids is 1. The third-order valence-corrected chi connectivity index (χ3v) is 3.51. The van der Waals surface area contributed by atoms with Crippen molar-refractivity contribution in [2.45, 2.75) is 32.7 Å². The Morgan fingerprint density at radius 3 is 2.59 bits per heavy atom. The minimum Gasteiger partial charge on any atom is -0.493 e. The third kappa shape index (κ3) is 3.44. The van der Waals surface area contributed by atoms with Gasteiger partial charge in [-0.15, -0.1) is 5.10 Å². The van der Waals surface area contributed by atoms with Crippen LogP contribution in [0.5, 0.6) is 11.5 Å². The summed E-state index contributed by atoms with van der Waals surface area (Å²) in [5.74, 6) is 1.41. The summed E-state index contributed by atoms with van der Waals surface area (Å²) in [6.07, 6.45) is 3.20. The van der Waals surface area contributed by atoms with E-state index < -0.39 is 0 Å². The molecule has 0 aliphatic rings. The van der Waals surface area contributed by atoms with Crippen molar-refractivity contribution in [1.82, 2.24) is 15.0 Å². The van der Waals surface area contributed by atoms with Crippen LogP contribution in [-0.2, 0) is 19.4 Å². The molecule has 0 bridgehead atoms. The Hall–Kier alpha value is -2.37. The van der Waals surface area contributed by atoms with E-state index in [1.54, 1.807) is 14.2 Å². The standard InChI is InChI=1S/C16H21N3O3/c1-4-9-19-14(13(11-20)17-18-19)7-5-12-6-8-15(21-2)16(10-12)22-3/h6,8,10-11H,4-5,7,9H2,1-3H3. The topological polar surface area (TPSA) is 66.2 Å². The molecule has 0 fully saturated rings. The second-order valence-corrected chi connectivity index (χ2v) is 4.95. The number of rotatable bonds is 8. The molecule has 0 aliphatic heterocycles. The van der Waals surface area contributed by atoms with Gasteiger partial charge in [-0.3, -0.25) is 4.79 Å². The maximum Gasteiger partial charge on any atom is 0.172 e. The normalized spacial score (nSPS) is 10.5. The molecule has 0 N–H and O–H groups in total. The lowest BCUT2D eigenvalue weighted by Crippen LogP contribution is -2.07. The number of carbonyl (C=O) groups is 1. The molecule has 0 saturated heterocycles. The van der Waals surface area contributed by atoms with E-state index in [-0.39, 0.29) is 0 Å². The van der Waals surface area contributed by atoms with Crippen LogP contribution in [0, 0.1) is 0 Å². The van der Waals surface area contributed by atoms with E-state index in [2.05, 4.69) is 17.2 Å². The van der Waals surface area contributed by atoms with Gasteiger partial charge in [-0.1, -0.05) is 18.2 Å². The second kappa shape index (κ2) is 7.59. The predicted octanol–water partition coefficient (Wildman–Crippen LogP) is 2.30. The highest BCUT2D eigenvalue weighted by atomic mass is 16.5. The monoisotopic (exact) mass is 303 g/mol. The molecule has 0 radical (unpaired) electrons. The first-order chi connectivity index (χ1) is 10.7. The van der Waals surface area contributed by atoms with Crippen LogP contribution in [0.25, 0.3) is 0 Å². The maximum atomic E-state index is 11.1. The molecular weight excluding hydrogens is 282 g/mol. The number of nitrogens with zero attached hydrogens (tertiary/aromatic N) is 3. The molecule has 6 nitrogen and oxygen atoms in total. The van der Waals surface area contributed by atoms with Crippen molar-refractivity contribution in [2.24, 2.45) is 0 Å². The van der Waals surface area contributed by atoms with E-state index in [4.69, 9.17) is 9.47 Å². The van der Waals surface area contributed by atoms with Gasteiger partial charge in [0.25, 0.3) is 0 Å². The smallest absolute Gasteiger partial charge is 0.172 e. The Kier molecular flexibility index (Phi) is 5.52. The third-order valence-electron chi connectivity index (χ3n) is 3.51. The van der Waals surface area contributed by atoms with Gasteiger partial charge in [0.2, 0.25) is 0 Å². The van der Waals surface area contributed by atoms with Crippen molar-refractivity contribution in [1.29, 1.82) is 0 Å². The van der Waals surface area contributed by atoms with Gasteiger partial charge < -0.3 is 9.47 Å². The second-order valence-electron chi connectivity index (χ2n) is 4.95. The van der Waals surface area contributed by atoms with E-state index in [9.17, 15) is 4.79 Å². The molecule has 1 aromatic heterocycles. The Bertz CT molecular complexity index is 638. The van der Waals surface area contributed by atoms with Crippen LogP contribution in [0.1, 0.15) is 35.1 Å². The van der Waals surface area contributed by atoms with Gasteiger partial charge in [0, 0.05) is 6.54 Å². The molecule has 0 atom stereocenters. The Morgan fingerprint density at radius 2 is 1.95 bits per heavy atom. The van der Waals surface area contributed by atoms with Gasteiger partial charge in [-0.25, -0.2) is 4.68 Å². The van der Waals surface area contributed by atoms with Gasteiger partial charge in [0.1, 0.15) is 5.69 Å². The van der Waals surface area contributed by atoms with E-state index in [0.29, 0.717) is 23.6 Å². The quantitative estimate of drug-likeness (QED) is 0.700. The van der Waals surface area contributed by atoms with E-state index in [1.807, 2.05) is 22.9 Å². The summed E-state index contributed by atoms with van der Waals surface area (Å²) in [7, 11) is 3.23. The summed E-state index contributed by atoms with van der Waals surface area (Å²) in [6.45, 7) is 2.84. The lowest BCUT2D eigenvalue weighted by atomic mass is 10.1. The van der Waals surface area contributed by atoms with Crippen LogP contribution in [0.2, 0.25) is 0 Å². The van der Waals surface area contributed by atoms with Crippen molar-refractivity contribution >= 4 is 6.29 Å². The zero-order valence-corrected chi connectivity index (χ0v) is 13.2. The van der Waals surface area contributed by atoms with Crippen molar-refractivity contribution in [3.63, 3.8) is 0 Å². The van der Waals surface area contributed by atoms with E-state index in [0.717, 1.165) is 36.9 Å². The molecule has 0 spiro atoms. The largest absolute Gasteiger partial charge is 0.493 e. The minimum atomic E-state index is 0.425. The van der Waals surface area contributed by atoms with Crippen molar-refractivity contribution in [3.05, 3.63) is 35.2 Å². The predicted molar refractivity (Wildman–Crippen MR) is 82.7 cm³/mol. The Balaban J connectivity index is 2.16. The highest BCUT2D eigenvalue weighted by molar-refractivity contribution is 5.73. The van der Waals surface area contributed by atoms with E-state index in [1.165, 1.54) is 0 Å². The number of ether oxygens (including phenoxy) is 2. The first kappa shape index (κ1) is 16.0. The van der Waals surface area contributed by atoms with Gasteiger partial charge >= 0.3 is 0 Å². The fraction of sp³-hybridized carbons (Fsp3) is 0.438. The highest BCUT2D eigenvalue weighted by Gasteiger charge is 2.12. The number of aldehydes is 1. The molecule has 0 saturated carbocycles. The molecule has 6 heteroatoms. The van der Waals surface area contributed by atoms with Crippen LogP contribution in [-0.4, -0.2) is 35.5 Å².